The van der Waals surface area contributed by atoms with Gasteiger partial charge in [0.15, 0.2) is 0 Å². The van der Waals surface area contributed by atoms with Crippen LogP contribution in [0.4, 0.5) is 17.1 Å². The summed E-state index contributed by atoms with van der Waals surface area (Å²) in [5.74, 6) is 0. The van der Waals surface area contributed by atoms with Crippen molar-refractivity contribution in [3.63, 3.8) is 0 Å². The van der Waals surface area contributed by atoms with Gasteiger partial charge in [-0.2, -0.15) is 0 Å². The quantitative estimate of drug-likeness (QED) is 0.365. The van der Waals surface area contributed by atoms with E-state index in [1.165, 1.54) is 12.2 Å². The molecule has 0 aliphatic carbocycles. The molecule has 0 spiro atoms. The van der Waals surface area contributed by atoms with Crippen molar-refractivity contribution in [2.75, 3.05) is 0 Å². The van der Waals surface area contributed by atoms with Crippen molar-refractivity contribution in [2.45, 2.75) is 0 Å². The highest BCUT2D eigenvalue weighted by Crippen LogP contribution is 2.35. The standard InChI is InChI=1S/C18H11N3O6/c22-19(23)14-10-17(20(24)25)16(18(11-14)21(26)27)9-8-13-6-3-5-12-4-1-2-7-15(12)13/h1-11H/b9-8+. The van der Waals surface area contributed by atoms with Gasteiger partial charge in [0.05, 0.1) is 26.9 Å². The fourth-order valence-corrected chi connectivity index (χ4v) is 2.76. The summed E-state index contributed by atoms with van der Waals surface area (Å²) in [5, 5.41) is 35.4. The number of fused-ring (bicyclic) bond motifs is 1. The van der Waals surface area contributed by atoms with Crippen molar-refractivity contribution in [3.05, 3.63) is 96.1 Å². The lowest BCUT2D eigenvalue weighted by molar-refractivity contribution is -0.403. The number of non-ortho nitro benzene ring substituents is 1. The zero-order valence-electron chi connectivity index (χ0n) is 13.6. The third-order valence-corrected chi connectivity index (χ3v) is 3.98. The summed E-state index contributed by atoms with van der Waals surface area (Å²) < 4.78 is 0. The van der Waals surface area contributed by atoms with E-state index in [0.717, 1.165) is 22.9 Å². The fraction of sp³-hybridized carbons (Fsp3) is 0. The lowest BCUT2D eigenvalue weighted by Gasteiger charge is -2.03. The molecule has 0 saturated heterocycles. The maximum absolute atomic E-state index is 11.3. The van der Waals surface area contributed by atoms with Gasteiger partial charge < -0.3 is 0 Å². The first kappa shape index (κ1) is 17.7. The molecule has 0 amide bonds. The summed E-state index contributed by atoms with van der Waals surface area (Å²) in [5.41, 5.74) is -1.71. The predicted octanol–water partition coefficient (Wildman–Crippen LogP) is 4.73. The van der Waals surface area contributed by atoms with Gasteiger partial charge in [-0.05, 0) is 22.4 Å². The van der Waals surface area contributed by atoms with Crippen LogP contribution < -0.4 is 0 Å². The minimum Gasteiger partial charge on any atom is -0.258 e. The number of hydrogen-bond acceptors (Lipinski definition) is 6. The van der Waals surface area contributed by atoms with Gasteiger partial charge in [-0.3, -0.25) is 30.3 Å². The largest absolute Gasteiger partial charge is 0.290 e. The second kappa shape index (κ2) is 7.00. The molecule has 3 aromatic rings. The minimum absolute atomic E-state index is 0.302. The molecular weight excluding hydrogens is 354 g/mol. The van der Waals surface area contributed by atoms with E-state index in [9.17, 15) is 30.3 Å². The lowest BCUT2D eigenvalue weighted by Crippen LogP contribution is -2.00. The average Bonchev–Trinajstić information content (AvgIpc) is 2.65. The molecule has 0 unspecified atom stereocenters. The summed E-state index contributed by atoms with van der Waals surface area (Å²) in [6.45, 7) is 0. The average molecular weight is 365 g/mol. The van der Waals surface area contributed by atoms with Crippen molar-refractivity contribution in [3.8, 4) is 0 Å². The summed E-state index contributed by atoms with van der Waals surface area (Å²) >= 11 is 0. The molecule has 0 heterocycles. The van der Waals surface area contributed by atoms with Crippen molar-refractivity contribution in [2.24, 2.45) is 0 Å². The van der Waals surface area contributed by atoms with Crippen LogP contribution in [0.3, 0.4) is 0 Å². The van der Waals surface area contributed by atoms with Crippen molar-refractivity contribution in [1.82, 2.24) is 0 Å². The van der Waals surface area contributed by atoms with Crippen LogP contribution in [0.25, 0.3) is 22.9 Å². The van der Waals surface area contributed by atoms with Crippen molar-refractivity contribution in [1.29, 1.82) is 0 Å². The van der Waals surface area contributed by atoms with Gasteiger partial charge in [0.1, 0.15) is 5.56 Å². The van der Waals surface area contributed by atoms with Gasteiger partial charge in [-0.25, -0.2) is 0 Å². The molecule has 0 N–H and O–H groups in total. The Morgan fingerprint density at radius 2 is 1.30 bits per heavy atom. The van der Waals surface area contributed by atoms with Gasteiger partial charge in [-0.15, -0.1) is 0 Å². The molecule has 0 bridgehead atoms. The second-order valence-corrected chi connectivity index (χ2v) is 5.57. The second-order valence-electron chi connectivity index (χ2n) is 5.57. The topological polar surface area (TPSA) is 129 Å². The zero-order valence-corrected chi connectivity index (χ0v) is 13.6. The van der Waals surface area contributed by atoms with E-state index in [4.69, 9.17) is 0 Å². The number of nitro groups is 3. The predicted molar refractivity (Wildman–Crippen MR) is 99.3 cm³/mol. The SMILES string of the molecule is O=[N+]([O-])c1cc([N+](=O)[O-])c(/C=C/c2cccc3ccccc23)c([N+](=O)[O-])c1. The van der Waals surface area contributed by atoms with Gasteiger partial charge in [0, 0.05) is 0 Å². The molecule has 0 saturated carbocycles. The van der Waals surface area contributed by atoms with Crippen molar-refractivity contribution >= 4 is 40.0 Å². The van der Waals surface area contributed by atoms with Crippen molar-refractivity contribution < 1.29 is 14.8 Å². The highest BCUT2D eigenvalue weighted by atomic mass is 16.6. The van der Waals surface area contributed by atoms with Crippen LogP contribution in [0, 0.1) is 30.3 Å². The van der Waals surface area contributed by atoms with Crippen LogP contribution in [-0.2, 0) is 0 Å². The molecule has 0 aliphatic heterocycles. The van der Waals surface area contributed by atoms with Crippen LogP contribution in [-0.4, -0.2) is 14.8 Å². The molecular formula is C18H11N3O6. The van der Waals surface area contributed by atoms with E-state index >= 15 is 0 Å². The lowest BCUT2D eigenvalue weighted by atomic mass is 10.0. The molecule has 9 heteroatoms. The molecule has 3 aromatic carbocycles. The Kier molecular flexibility index (Phi) is 4.58. The minimum atomic E-state index is -0.905. The first-order valence-electron chi connectivity index (χ1n) is 7.65. The first-order chi connectivity index (χ1) is 12.9. The third-order valence-electron chi connectivity index (χ3n) is 3.98. The molecule has 0 atom stereocenters. The number of hydrogen-bond donors (Lipinski definition) is 0. The van der Waals surface area contributed by atoms with Crippen LogP contribution in [0.5, 0.6) is 0 Å². The Morgan fingerprint density at radius 3 is 1.89 bits per heavy atom. The van der Waals surface area contributed by atoms with E-state index in [-0.39, 0.29) is 5.56 Å². The Morgan fingerprint density at radius 1 is 0.704 bits per heavy atom. The molecule has 0 aromatic heterocycles. The number of nitro benzene ring substituents is 3. The molecule has 0 radical (unpaired) electrons. The molecule has 3 rings (SSSR count). The maximum atomic E-state index is 11.3. The first-order valence-corrected chi connectivity index (χ1v) is 7.65. The smallest absolute Gasteiger partial charge is 0.258 e. The summed E-state index contributed by atoms with van der Waals surface area (Å²) in [6.07, 6.45) is 2.76. The van der Waals surface area contributed by atoms with Crippen LogP contribution in [0.1, 0.15) is 11.1 Å². The van der Waals surface area contributed by atoms with Gasteiger partial charge >= 0.3 is 0 Å². The summed E-state index contributed by atoms with van der Waals surface area (Å²) in [6, 6.07) is 14.3. The van der Waals surface area contributed by atoms with Gasteiger partial charge in [0.2, 0.25) is 0 Å². The number of rotatable bonds is 5. The number of benzene rings is 3. The van der Waals surface area contributed by atoms with Crippen LogP contribution in [0.15, 0.2) is 54.6 Å². The monoisotopic (exact) mass is 365 g/mol. The highest BCUT2D eigenvalue weighted by Gasteiger charge is 2.28. The van der Waals surface area contributed by atoms with E-state index in [2.05, 4.69) is 0 Å². The summed E-state index contributed by atoms with van der Waals surface area (Å²) in [4.78, 5) is 30.9. The van der Waals surface area contributed by atoms with E-state index in [0.29, 0.717) is 5.56 Å². The molecule has 9 nitrogen and oxygen atoms in total. The Bertz CT molecular complexity index is 1080. The summed E-state index contributed by atoms with van der Waals surface area (Å²) in [7, 11) is 0. The number of nitrogens with zero attached hydrogens (tertiary/aromatic N) is 3. The van der Waals surface area contributed by atoms with Crippen LogP contribution in [0.2, 0.25) is 0 Å². The Hall–Kier alpha value is -4.14. The Labute approximate surface area is 151 Å². The normalized spacial score (nSPS) is 11.0. The van der Waals surface area contributed by atoms with E-state index < -0.39 is 31.8 Å². The maximum Gasteiger partial charge on any atom is 0.290 e. The van der Waals surface area contributed by atoms with Gasteiger partial charge in [0.25, 0.3) is 17.1 Å². The molecule has 27 heavy (non-hydrogen) atoms. The fourth-order valence-electron chi connectivity index (χ4n) is 2.76. The molecule has 134 valence electrons. The van der Waals surface area contributed by atoms with Crippen LogP contribution >= 0.6 is 0 Å². The molecule has 0 fully saturated rings. The highest BCUT2D eigenvalue weighted by molar-refractivity contribution is 5.94. The Balaban J connectivity index is 2.20. The van der Waals surface area contributed by atoms with E-state index in [1.807, 2.05) is 30.3 Å². The van der Waals surface area contributed by atoms with Gasteiger partial charge in [-0.1, -0.05) is 48.5 Å². The molecule has 0 aliphatic rings. The van der Waals surface area contributed by atoms with E-state index in [1.54, 1.807) is 12.1 Å². The zero-order chi connectivity index (χ0) is 19.6. The third kappa shape index (κ3) is 3.47.